The van der Waals surface area contributed by atoms with Crippen LogP contribution in [0.4, 0.5) is 5.69 Å². The summed E-state index contributed by atoms with van der Waals surface area (Å²) in [6.07, 6.45) is 3.48. The van der Waals surface area contributed by atoms with Crippen LogP contribution in [0.15, 0.2) is 30.6 Å². The van der Waals surface area contributed by atoms with Gasteiger partial charge in [0.1, 0.15) is 0 Å². The lowest BCUT2D eigenvalue weighted by Gasteiger charge is -2.13. The van der Waals surface area contributed by atoms with E-state index in [4.69, 9.17) is 5.11 Å². The minimum atomic E-state index is -0.0295. The molecule has 0 unspecified atom stereocenters. The molecule has 3 N–H and O–H groups in total. The molecule has 4 rings (SSSR count). The van der Waals surface area contributed by atoms with Crippen LogP contribution in [0.2, 0.25) is 0 Å². The number of aromatic nitrogens is 4. The summed E-state index contributed by atoms with van der Waals surface area (Å²) in [4.78, 5) is 16.7. The molecule has 8 heteroatoms. The minimum absolute atomic E-state index is 0.0295. The Balaban J connectivity index is 1.35. The molecule has 0 bridgehead atoms. The molecule has 27 heavy (non-hydrogen) atoms. The molecule has 0 radical (unpaired) electrons. The van der Waals surface area contributed by atoms with Crippen molar-refractivity contribution in [3.05, 3.63) is 42.0 Å². The van der Waals surface area contributed by atoms with Crippen molar-refractivity contribution in [2.75, 3.05) is 18.5 Å². The van der Waals surface area contributed by atoms with Gasteiger partial charge in [-0.1, -0.05) is 0 Å². The average Bonchev–Trinajstić information content (AvgIpc) is 3.28. The van der Waals surface area contributed by atoms with Gasteiger partial charge in [-0.15, -0.1) is 0 Å². The molecule has 0 spiro atoms. The maximum atomic E-state index is 12.3. The van der Waals surface area contributed by atoms with Crippen LogP contribution in [0.1, 0.15) is 24.2 Å². The number of anilines is 1. The number of aliphatic hydroxyl groups is 1. The van der Waals surface area contributed by atoms with Crippen LogP contribution in [-0.4, -0.2) is 43.5 Å². The summed E-state index contributed by atoms with van der Waals surface area (Å²) >= 11 is 0. The van der Waals surface area contributed by atoms with Crippen molar-refractivity contribution in [1.29, 1.82) is 0 Å². The highest BCUT2D eigenvalue weighted by Gasteiger charge is 2.13. The van der Waals surface area contributed by atoms with Gasteiger partial charge in [0.2, 0.25) is 5.91 Å². The van der Waals surface area contributed by atoms with Gasteiger partial charge in [-0.2, -0.15) is 5.10 Å². The summed E-state index contributed by atoms with van der Waals surface area (Å²) in [5, 5.41) is 19.8. The first kappa shape index (κ1) is 17.7. The summed E-state index contributed by atoms with van der Waals surface area (Å²) in [5.74, 6) is -0.0295. The molecule has 1 aromatic carbocycles. The fourth-order valence-electron chi connectivity index (χ4n) is 3.40. The average molecular weight is 368 g/mol. The zero-order valence-corrected chi connectivity index (χ0v) is 15.2. The van der Waals surface area contributed by atoms with Gasteiger partial charge in [-0.05, 0) is 30.7 Å². The number of nitrogens with one attached hydrogen (secondary N) is 2. The Labute approximate surface area is 157 Å². The summed E-state index contributed by atoms with van der Waals surface area (Å²) in [5.41, 5.74) is 4.72. The van der Waals surface area contributed by atoms with E-state index in [0.29, 0.717) is 19.3 Å². The maximum Gasteiger partial charge on any atom is 0.224 e. The van der Waals surface area contributed by atoms with E-state index in [1.807, 2.05) is 27.4 Å². The van der Waals surface area contributed by atoms with Gasteiger partial charge in [0.05, 0.1) is 35.3 Å². The fraction of sp³-hybridized carbons (Fsp3) is 0.421. The number of rotatable bonds is 7. The van der Waals surface area contributed by atoms with Crippen LogP contribution in [0.25, 0.3) is 11.0 Å². The number of hydrogen-bond acceptors (Lipinski definition) is 5. The first-order valence-electron chi connectivity index (χ1n) is 9.35. The number of imidazole rings is 1. The van der Waals surface area contributed by atoms with E-state index in [1.54, 1.807) is 6.33 Å². The molecule has 3 heterocycles. The van der Waals surface area contributed by atoms with E-state index in [1.165, 1.54) is 5.69 Å². The molecule has 0 atom stereocenters. The smallest absolute Gasteiger partial charge is 0.224 e. The third kappa shape index (κ3) is 4.01. The third-order valence-electron chi connectivity index (χ3n) is 4.79. The molecule has 1 aliphatic rings. The van der Waals surface area contributed by atoms with Crippen LogP contribution in [-0.2, 0) is 30.8 Å². The van der Waals surface area contributed by atoms with Gasteiger partial charge in [0.15, 0.2) is 0 Å². The molecule has 0 saturated carbocycles. The van der Waals surface area contributed by atoms with Gasteiger partial charge in [0.25, 0.3) is 0 Å². The number of aliphatic hydroxyl groups excluding tert-OH is 1. The Morgan fingerprint density at radius 2 is 2.26 bits per heavy atom. The van der Waals surface area contributed by atoms with Gasteiger partial charge >= 0.3 is 0 Å². The second kappa shape index (κ2) is 7.89. The van der Waals surface area contributed by atoms with E-state index >= 15 is 0 Å². The Hall–Kier alpha value is -2.71. The molecular weight excluding hydrogens is 344 g/mol. The largest absolute Gasteiger partial charge is 0.396 e. The quantitative estimate of drug-likeness (QED) is 0.584. The molecule has 0 fully saturated rings. The lowest BCUT2D eigenvalue weighted by atomic mass is 10.2. The highest BCUT2D eigenvalue weighted by Crippen LogP contribution is 2.19. The van der Waals surface area contributed by atoms with Gasteiger partial charge < -0.3 is 20.3 Å². The molecule has 8 nitrogen and oxygen atoms in total. The molecule has 0 saturated heterocycles. The van der Waals surface area contributed by atoms with E-state index in [0.717, 1.165) is 48.6 Å². The first-order chi connectivity index (χ1) is 13.2. The summed E-state index contributed by atoms with van der Waals surface area (Å²) in [6, 6.07) is 7.79. The number of aryl methyl sites for hydroxylation is 2. The van der Waals surface area contributed by atoms with Crippen molar-refractivity contribution in [2.45, 2.75) is 38.9 Å². The number of nitrogens with zero attached hydrogens (tertiary/aromatic N) is 4. The van der Waals surface area contributed by atoms with Crippen molar-refractivity contribution < 1.29 is 9.90 Å². The lowest BCUT2D eigenvalue weighted by molar-refractivity contribution is -0.116. The maximum absolute atomic E-state index is 12.3. The van der Waals surface area contributed by atoms with Crippen LogP contribution in [0, 0.1) is 0 Å². The van der Waals surface area contributed by atoms with Crippen molar-refractivity contribution in [3.63, 3.8) is 0 Å². The zero-order chi connectivity index (χ0) is 18.6. The minimum Gasteiger partial charge on any atom is -0.396 e. The second-order valence-electron chi connectivity index (χ2n) is 6.79. The standard InChI is InChI=1S/C19H24N6O2/c26-9-1-7-24-13-21-17-11-14(2-4-18(17)24)22-19(27)5-3-15-10-16-12-20-6-8-25(16)23-15/h2,4,10-11,13,20,26H,1,3,5-9,12H2,(H,22,27). The predicted octanol–water partition coefficient (Wildman–Crippen LogP) is 1.29. The van der Waals surface area contributed by atoms with E-state index in [9.17, 15) is 4.79 Å². The van der Waals surface area contributed by atoms with Gasteiger partial charge in [-0.3, -0.25) is 9.48 Å². The summed E-state index contributed by atoms with van der Waals surface area (Å²) in [6.45, 7) is 3.54. The Bertz CT molecular complexity index is 921. The Kier molecular flexibility index (Phi) is 5.17. The van der Waals surface area contributed by atoms with Crippen LogP contribution in [0.3, 0.4) is 0 Å². The summed E-state index contributed by atoms with van der Waals surface area (Å²) < 4.78 is 4.03. The molecule has 2 aromatic heterocycles. The van der Waals surface area contributed by atoms with E-state index in [2.05, 4.69) is 26.8 Å². The molecule has 1 amide bonds. The third-order valence-corrected chi connectivity index (χ3v) is 4.79. The molecular formula is C19H24N6O2. The van der Waals surface area contributed by atoms with Gasteiger partial charge in [0, 0.05) is 44.8 Å². The fourth-order valence-corrected chi connectivity index (χ4v) is 3.40. The van der Waals surface area contributed by atoms with Crippen LogP contribution >= 0.6 is 0 Å². The van der Waals surface area contributed by atoms with Crippen molar-refractivity contribution in [2.24, 2.45) is 0 Å². The first-order valence-corrected chi connectivity index (χ1v) is 9.35. The van der Waals surface area contributed by atoms with Crippen molar-refractivity contribution in [1.82, 2.24) is 24.6 Å². The second-order valence-corrected chi connectivity index (χ2v) is 6.79. The molecule has 3 aromatic rings. The Morgan fingerprint density at radius 3 is 3.11 bits per heavy atom. The molecule has 1 aliphatic heterocycles. The molecule has 142 valence electrons. The normalized spacial score (nSPS) is 13.7. The highest BCUT2D eigenvalue weighted by molar-refractivity contribution is 5.93. The predicted molar refractivity (Wildman–Crippen MR) is 102 cm³/mol. The Morgan fingerprint density at radius 1 is 1.33 bits per heavy atom. The van der Waals surface area contributed by atoms with Crippen molar-refractivity contribution >= 4 is 22.6 Å². The monoisotopic (exact) mass is 368 g/mol. The number of fused-ring (bicyclic) bond motifs is 2. The van der Waals surface area contributed by atoms with E-state index < -0.39 is 0 Å². The molecule has 0 aliphatic carbocycles. The number of benzene rings is 1. The lowest BCUT2D eigenvalue weighted by Crippen LogP contribution is -2.28. The van der Waals surface area contributed by atoms with Crippen molar-refractivity contribution in [3.8, 4) is 0 Å². The zero-order valence-electron chi connectivity index (χ0n) is 15.2. The number of carbonyl (C=O) groups is 1. The SMILES string of the molecule is O=C(CCc1cc2n(n1)CCNC2)Nc1ccc2c(c1)ncn2CCCO. The number of carbonyl (C=O) groups excluding carboxylic acids is 1. The van der Waals surface area contributed by atoms with Gasteiger partial charge in [-0.25, -0.2) is 4.98 Å². The highest BCUT2D eigenvalue weighted by atomic mass is 16.3. The number of amides is 1. The van der Waals surface area contributed by atoms with E-state index in [-0.39, 0.29) is 12.5 Å². The number of hydrogen-bond donors (Lipinski definition) is 3. The van der Waals surface area contributed by atoms with Crippen LogP contribution < -0.4 is 10.6 Å². The summed E-state index contributed by atoms with van der Waals surface area (Å²) in [7, 11) is 0. The topological polar surface area (TPSA) is 97.0 Å². The van der Waals surface area contributed by atoms with Crippen LogP contribution in [0.5, 0.6) is 0 Å².